The molecule has 1 heterocycles. The molecule has 0 fully saturated rings. The maximum atomic E-state index is 12.5. The molecule has 0 aliphatic rings. The molecule has 4 rings (SSSR count). The molecule has 0 aliphatic heterocycles. The van der Waals surface area contributed by atoms with E-state index in [0.29, 0.717) is 29.4 Å². The molecular formula is C28H28N4O4S. The van der Waals surface area contributed by atoms with Crippen LogP contribution in [0.2, 0.25) is 0 Å². The zero-order valence-corrected chi connectivity index (χ0v) is 21.3. The van der Waals surface area contributed by atoms with E-state index in [9.17, 15) is 9.59 Å². The van der Waals surface area contributed by atoms with Gasteiger partial charge in [0.05, 0.1) is 6.61 Å². The number of unbranched alkanes of at least 4 members (excludes halogenated alkanes) is 1. The maximum Gasteiger partial charge on any atom is 0.286 e. The second kappa shape index (κ2) is 13.2. The van der Waals surface area contributed by atoms with Gasteiger partial charge in [0.1, 0.15) is 18.1 Å². The molecule has 0 radical (unpaired) electrons. The number of aromatic nitrogens is 2. The van der Waals surface area contributed by atoms with Crippen molar-refractivity contribution in [1.82, 2.24) is 15.5 Å². The molecule has 0 aliphatic carbocycles. The number of amides is 2. The number of hydrogen-bond donors (Lipinski definition) is 2. The first-order valence-electron chi connectivity index (χ1n) is 12.0. The fourth-order valence-electron chi connectivity index (χ4n) is 3.28. The number of carbonyl (C=O) groups excluding carboxylic acids is 2. The molecule has 3 aromatic carbocycles. The smallest absolute Gasteiger partial charge is 0.286 e. The van der Waals surface area contributed by atoms with Crippen molar-refractivity contribution < 1.29 is 19.1 Å². The summed E-state index contributed by atoms with van der Waals surface area (Å²) in [6.07, 6.45) is 2.11. The van der Waals surface area contributed by atoms with Crippen LogP contribution < -0.4 is 20.1 Å². The van der Waals surface area contributed by atoms with Crippen LogP contribution in [0.3, 0.4) is 0 Å². The predicted octanol–water partition coefficient (Wildman–Crippen LogP) is 5.48. The van der Waals surface area contributed by atoms with E-state index in [1.807, 2.05) is 54.6 Å². The van der Waals surface area contributed by atoms with Crippen molar-refractivity contribution in [3.8, 4) is 11.5 Å². The zero-order chi connectivity index (χ0) is 25.9. The van der Waals surface area contributed by atoms with E-state index < -0.39 is 0 Å². The lowest BCUT2D eigenvalue weighted by Gasteiger charge is -2.09. The summed E-state index contributed by atoms with van der Waals surface area (Å²) in [5.41, 5.74) is 2.02. The standard InChI is InChI=1S/C28H28N4O4S/c1-2-3-17-35-24-15-9-20(10-16-24)18-29-26(33)21-11-13-22(14-12-21)30-27(34)28-32-31-25(37-28)19-36-23-7-5-4-6-8-23/h4-16H,2-3,17-19H2,1H3,(H,29,33)(H,30,34). The highest BCUT2D eigenvalue weighted by molar-refractivity contribution is 7.13. The highest BCUT2D eigenvalue weighted by Crippen LogP contribution is 2.17. The summed E-state index contributed by atoms with van der Waals surface area (Å²) >= 11 is 1.17. The molecule has 2 amide bonds. The molecule has 9 heteroatoms. The molecule has 4 aromatic rings. The van der Waals surface area contributed by atoms with Gasteiger partial charge in [-0.15, -0.1) is 10.2 Å². The van der Waals surface area contributed by atoms with Gasteiger partial charge in [-0.2, -0.15) is 0 Å². The minimum absolute atomic E-state index is 0.201. The van der Waals surface area contributed by atoms with E-state index in [2.05, 4.69) is 27.8 Å². The lowest BCUT2D eigenvalue weighted by molar-refractivity contribution is 0.0950. The van der Waals surface area contributed by atoms with Crippen molar-refractivity contribution in [2.45, 2.75) is 32.9 Å². The molecule has 190 valence electrons. The monoisotopic (exact) mass is 516 g/mol. The van der Waals surface area contributed by atoms with Gasteiger partial charge in [0.25, 0.3) is 11.8 Å². The first kappa shape index (κ1) is 25.8. The third kappa shape index (κ3) is 7.88. The third-order valence-corrected chi connectivity index (χ3v) is 6.21. The van der Waals surface area contributed by atoms with Gasteiger partial charge in [-0.05, 0) is 60.5 Å². The SMILES string of the molecule is CCCCOc1ccc(CNC(=O)c2ccc(NC(=O)c3nnc(COc4ccccc4)s3)cc2)cc1. The van der Waals surface area contributed by atoms with Crippen molar-refractivity contribution in [2.24, 2.45) is 0 Å². The van der Waals surface area contributed by atoms with Gasteiger partial charge in [-0.1, -0.05) is 55.0 Å². The van der Waals surface area contributed by atoms with Gasteiger partial charge in [-0.3, -0.25) is 9.59 Å². The second-order valence-corrected chi connectivity index (χ2v) is 9.22. The Kier molecular flexibility index (Phi) is 9.20. The van der Waals surface area contributed by atoms with E-state index in [0.717, 1.165) is 29.9 Å². The Morgan fingerprint density at radius 1 is 0.838 bits per heavy atom. The van der Waals surface area contributed by atoms with E-state index >= 15 is 0 Å². The summed E-state index contributed by atoms with van der Waals surface area (Å²) in [5.74, 6) is 0.973. The Morgan fingerprint density at radius 2 is 1.57 bits per heavy atom. The Bertz CT molecular complexity index is 1290. The largest absolute Gasteiger partial charge is 0.494 e. The number of anilines is 1. The Hall–Kier alpha value is -4.24. The van der Waals surface area contributed by atoms with Gasteiger partial charge in [0, 0.05) is 17.8 Å². The third-order valence-electron chi connectivity index (χ3n) is 5.31. The summed E-state index contributed by atoms with van der Waals surface area (Å²) < 4.78 is 11.3. The van der Waals surface area contributed by atoms with Crippen molar-refractivity contribution in [2.75, 3.05) is 11.9 Å². The summed E-state index contributed by atoms with van der Waals surface area (Å²) in [6.45, 7) is 3.46. The number of hydrogen-bond acceptors (Lipinski definition) is 7. The molecule has 0 unspecified atom stereocenters. The van der Waals surface area contributed by atoms with Gasteiger partial charge in [0.2, 0.25) is 5.01 Å². The molecule has 0 bridgehead atoms. The molecule has 0 spiro atoms. The van der Waals surface area contributed by atoms with Crippen LogP contribution in [0.4, 0.5) is 5.69 Å². The van der Waals surface area contributed by atoms with Crippen LogP contribution in [-0.2, 0) is 13.2 Å². The second-order valence-electron chi connectivity index (χ2n) is 8.16. The molecule has 0 atom stereocenters. The molecule has 2 N–H and O–H groups in total. The number of nitrogens with one attached hydrogen (secondary N) is 2. The molecule has 0 saturated heterocycles. The van der Waals surface area contributed by atoms with Crippen LogP contribution in [0.15, 0.2) is 78.9 Å². The normalized spacial score (nSPS) is 10.5. The number of para-hydroxylation sites is 1. The van der Waals surface area contributed by atoms with Crippen LogP contribution in [0.25, 0.3) is 0 Å². The van der Waals surface area contributed by atoms with Crippen molar-refractivity contribution in [3.05, 3.63) is 100 Å². The van der Waals surface area contributed by atoms with E-state index in [-0.39, 0.29) is 23.4 Å². The quantitative estimate of drug-likeness (QED) is 0.242. The van der Waals surface area contributed by atoms with Crippen LogP contribution in [0, 0.1) is 0 Å². The average molecular weight is 517 g/mol. The minimum Gasteiger partial charge on any atom is -0.494 e. The van der Waals surface area contributed by atoms with Gasteiger partial charge in [0.15, 0.2) is 5.01 Å². The molecule has 8 nitrogen and oxygen atoms in total. The Balaban J connectivity index is 1.23. The number of nitrogens with zero attached hydrogens (tertiary/aromatic N) is 2. The Labute approximate surface area is 219 Å². The van der Waals surface area contributed by atoms with Crippen LogP contribution in [0.5, 0.6) is 11.5 Å². The zero-order valence-electron chi connectivity index (χ0n) is 20.5. The topological polar surface area (TPSA) is 102 Å². The molecule has 37 heavy (non-hydrogen) atoms. The summed E-state index contributed by atoms with van der Waals surface area (Å²) in [5, 5.41) is 14.5. The molecule has 1 aromatic heterocycles. The van der Waals surface area contributed by atoms with Crippen LogP contribution >= 0.6 is 11.3 Å². The summed E-state index contributed by atoms with van der Waals surface area (Å²) in [6, 6.07) is 23.7. The lowest BCUT2D eigenvalue weighted by atomic mass is 10.1. The highest BCUT2D eigenvalue weighted by atomic mass is 32.1. The van der Waals surface area contributed by atoms with Gasteiger partial charge < -0.3 is 20.1 Å². The fraction of sp³-hybridized carbons (Fsp3) is 0.214. The maximum absolute atomic E-state index is 12.5. The average Bonchev–Trinajstić information content (AvgIpc) is 3.42. The van der Waals surface area contributed by atoms with Crippen molar-refractivity contribution >= 4 is 28.8 Å². The van der Waals surface area contributed by atoms with Crippen molar-refractivity contribution in [1.29, 1.82) is 0 Å². The van der Waals surface area contributed by atoms with Gasteiger partial charge in [-0.25, -0.2) is 0 Å². The van der Waals surface area contributed by atoms with E-state index in [1.54, 1.807) is 24.3 Å². The van der Waals surface area contributed by atoms with Crippen molar-refractivity contribution in [3.63, 3.8) is 0 Å². The molecule has 0 saturated carbocycles. The number of carbonyl (C=O) groups is 2. The fourth-order valence-corrected chi connectivity index (χ4v) is 3.93. The molecular weight excluding hydrogens is 488 g/mol. The minimum atomic E-state index is -0.372. The van der Waals surface area contributed by atoms with Crippen LogP contribution in [0.1, 0.15) is 50.5 Å². The predicted molar refractivity (Wildman–Crippen MR) is 143 cm³/mol. The first-order chi connectivity index (χ1) is 18.1. The number of rotatable bonds is 12. The number of ether oxygens (including phenoxy) is 2. The summed E-state index contributed by atoms with van der Waals surface area (Å²) in [4.78, 5) is 25.1. The Morgan fingerprint density at radius 3 is 2.30 bits per heavy atom. The first-order valence-corrected chi connectivity index (χ1v) is 12.8. The lowest BCUT2D eigenvalue weighted by Crippen LogP contribution is -2.22. The van der Waals surface area contributed by atoms with E-state index in [1.165, 1.54) is 11.3 Å². The highest BCUT2D eigenvalue weighted by Gasteiger charge is 2.14. The number of benzene rings is 3. The van der Waals surface area contributed by atoms with Crippen LogP contribution in [-0.4, -0.2) is 28.6 Å². The van der Waals surface area contributed by atoms with Gasteiger partial charge >= 0.3 is 0 Å². The van der Waals surface area contributed by atoms with E-state index in [4.69, 9.17) is 9.47 Å². The summed E-state index contributed by atoms with van der Waals surface area (Å²) in [7, 11) is 0.